The van der Waals surface area contributed by atoms with Crippen molar-refractivity contribution in [3.63, 3.8) is 0 Å². The maximum Gasteiger partial charge on any atom is 0.251 e. The van der Waals surface area contributed by atoms with Crippen LogP contribution in [0.5, 0.6) is 11.5 Å². The van der Waals surface area contributed by atoms with Gasteiger partial charge in [0.1, 0.15) is 0 Å². The zero-order valence-electron chi connectivity index (χ0n) is 12.7. The molecule has 0 spiro atoms. The Morgan fingerprint density at radius 2 is 2.25 bits per heavy atom. The number of benzene rings is 1. The van der Waals surface area contributed by atoms with Crippen molar-refractivity contribution in [2.24, 2.45) is 0 Å². The molecule has 1 aromatic carbocycles. The van der Waals surface area contributed by atoms with Crippen LogP contribution in [0.15, 0.2) is 53.5 Å². The first-order chi connectivity index (χ1) is 11.8. The number of hydrogen-bond donors (Lipinski definition) is 1. The Labute approximate surface area is 142 Å². The van der Waals surface area contributed by atoms with Crippen molar-refractivity contribution >= 4 is 17.2 Å². The minimum absolute atomic E-state index is 0.0378. The number of ether oxygens (including phenoxy) is 2. The molecule has 0 unspecified atom stereocenters. The van der Waals surface area contributed by atoms with Gasteiger partial charge in [-0.1, -0.05) is 0 Å². The lowest BCUT2D eigenvalue weighted by atomic mass is 10.1. The second-order valence-corrected chi connectivity index (χ2v) is 6.12. The van der Waals surface area contributed by atoms with Crippen LogP contribution in [0.1, 0.15) is 22.0 Å². The Hall–Kier alpha value is -2.80. The van der Waals surface area contributed by atoms with Gasteiger partial charge in [-0.25, -0.2) is 0 Å². The van der Waals surface area contributed by atoms with Gasteiger partial charge < -0.3 is 14.8 Å². The molecule has 3 heterocycles. The minimum atomic E-state index is -0.152. The van der Waals surface area contributed by atoms with Crippen molar-refractivity contribution < 1.29 is 14.3 Å². The summed E-state index contributed by atoms with van der Waals surface area (Å²) in [6, 6.07) is 9.06. The molecule has 2 aromatic heterocycles. The molecular formula is C17H15N3O3S. The zero-order valence-corrected chi connectivity index (χ0v) is 13.5. The van der Waals surface area contributed by atoms with Crippen LogP contribution in [0.4, 0.5) is 0 Å². The van der Waals surface area contributed by atoms with E-state index in [1.165, 1.54) is 0 Å². The monoisotopic (exact) mass is 341 g/mol. The van der Waals surface area contributed by atoms with E-state index in [1.807, 2.05) is 28.4 Å². The van der Waals surface area contributed by atoms with Crippen LogP contribution in [0.2, 0.25) is 0 Å². The van der Waals surface area contributed by atoms with Gasteiger partial charge in [0.05, 0.1) is 6.04 Å². The third kappa shape index (κ3) is 2.85. The molecule has 7 heteroatoms. The van der Waals surface area contributed by atoms with Gasteiger partial charge in [0.25, 0.3) is 5.91 Å². The molecule has 24 heavy (non-hydrogen) atoms. The normalized spacial score (nSPS) is 13.7. The van der Waals surface area contributed by atoms with E-state index >= 15 is 0 Å². The van der Waals surface area contributed by atoms with Crippen LogP contribution >= 0.6 is 11.3 Å². The Morgan fingerprint density at radius 3 is 3.04 bits per heavy atom. The van der Waals surface area contributed by atoms with Crippen LogP contribution in [-0.4, -0.2) is 29.0 Å². The van der Waals surface area contributed by atoms with Crippen molar-refractivity contribution in [2.75, 3.05) is 13.3 Å². The fourth-order valence-electron chi connectivity index (χ4n) is 2.62. The van der Waals surface area contributed by atoms with Crippen molar-refractivity contribution in [3.05, 3.63) is 64.6 Å². The molecule has 6 nitrogen and oxygen atoms in total. The van der Waals surface area contributed by atoms with Crippen molar-refractivity contribution in [2.45, 2.75) is 6.04 Å². The van der Waals surface area contributed by atoms with Crippen molar-refractivity contribution in [3.8, 4) is 11.5 Å². The van der Waals surface area contributed by atoms with Gasteiger partial charge in [-0.15, -0.1) is 0 Å². The van der Waals surface area contributed by atoms with Gasteiger partial charge in [-0.05, 0) is 46.7 Å². The van der Waals surface area contributed by atoms with Crippen LogP contribution in [0, 0.1) is 0 Å². The third-order valence-corrected chi connectivity index (χ3v) is 4.56. The third-order valence-electron chi connectivity index (χ3n) is 3.86. The van der Waals surface area contributed by atoms with E-state index in [9.17, 15) is 4.79 Å². The SMILES string of the molecule is O=C(NC[C@H](c1ccsc1)n1cccn1)c1ccc2c(c1)OCO2. The van der Waals surface area contributed by atoms with E-state index in [1.54, 1.807) is 35.7 Å². The predicted molar refractivity (Wildman–Crippen MR) is 89.6 cm³/mol. The molecule has 122 valence electrons. The van der Waals surface area contributed by atoms with Crippen molar-refractivity contribution in [1.82, 2.24) is 15.1 Å². The van der Waals surface area contributed by atoms with Crippen LogP contribution in [0.25, 0.3) is 0 Å². The van der Waals surface area contributed by atoms with Crippen LogP contribution in [0.3, 0.4) is 0 Å². The second kappa shape index (κ2) is 6.37. The van der Waals surface area contributed by atoms with E-state index in [0.29, 0.717) is 23.6 Å². The standard InChI is InChI=1S/C17H15N3O3S/c21-17(12-2-3-15-16(8-12)23-11-22-15)18-9-14(13-4-7-24-10-13)20-6-1-5-19-20/h1-8,10,14H,9,11H2,(H,18,21)/t14-/m1/s1. The molecule has 0 aliphatic carbocycles. The summed E-state index contributed by atoms with van der Waals surface area (Å²) in [6.45, 7) is 0.644. The van der Waals surface area contributed by atoms with E-state index < -0.39 is 0 Å². The highest BCUT2D eigenvalue weighted by Gasteiger charge is 2.19. The lowest BCUT2D eigenvalue weighted by molar-refractivity contribution is 0.0949. The van der Waals surface area contributed by atoms with Gasteiger partial charge in [0, 0.05) is 24.5 Å². The number of amides is 1. The van der Waals surface area contributed by atoms with Gasteiger partial charge in [-0.2, -0.15) is 16.4 Å². The van der Waals surface area contributed by atoms with E-state index in [0.717, 1.165) is 5.56 Å². The Balaban J connectivity index is 1.49. The highest BCUT2D eigenvalue weighted by Crippen LogP contribution is 2.32. The number of carbonyl (C=O) groups is 1. The predicted octanol–water partition coefficient (Wildman–Crippen LogP) is 2.69. The maximum atomic E-state index is 12.5. The topological polar surface area (TPSA) is 65.4 Å². The van der Waals surface area contributed by atoms with Crippen molar-refractivity contribution in [1.29, 1.82) is 0 Å². The first kappa shape index (κ1) is 14.8. The molecule has 1 aliphatic heterocycles. The Morgan fingerprint density at radius 1 is 1.33 bits per heavy atom. The molecule has 0 radical (unpaired) electrons. The molecule has 4 rings (SSSR count). The van der Waals surface area contributed by atoms with E-state index in [2.05, 4.69) is 15.8 Å². The number of rotatable bonds is 5. The Bertz CT molecular complexity index is 797. The fraction of sp³-hybridized carbons (Fsp3) is 0.176. The molecule has 0 saturated carbocycles. The molecule has 0 fully saturated rings. The highest BCUT2D eigenvalue weighted by atomic mass is 32.1. The number of aromatic nitrogens is 2. The van der Waals surface area contributed by atoms with E-state index in [-0.39, 0.29) is 18.7 Å². The minimum Gasteiger partial charge on any atom is -0.454 e. The molecule has 1 atom stereocenters. The quantitative estimate of drug-likeness (QED) is 0.775. The summed E-state index contributed by atoms with van der Waals surface area (Å²) in [5.74, 6) is 1.11. The number of thiophene rings is 1. The molecule has 1 amide bonds. The highest BCUT2D eigenvalue weighted by molar-refractivity contribution is 7.07. The van der Waals surface area contributed by atoms with Gasteiger partial charge >= 0.3 is 0 Å². The first-order valence-corrected chi connectivity index (χ1v) is 8.44. The van der Waals surface area contributed by atoms with Gasteiger partial charge in [0.15, 0.2) is 11.5 Å². The lowest BCUT2D eigenvalue weighted by Crippen LogP contribution is -2.31. The number of nitrogens with one attached hydrogen (secondary N) is 1. The summed E-state index contributed by atoms with van der Waals surface area (Å²) >= 11 is 1.63. The number of carbonyl (C=O) groups excluding carboxylic acids is 1. The molecule has 0 bridgehead atoms. The van der Waals surface area contributed by atoms with Crippen LogP contribution < -0.4 is 14.8 Å². The largest absolute Gasteiger partial charge is 0.454 e. The Kier molecular flexibility index (Phi) is 3.92. The molecule has 1 N–H and O–H groups in total. The fourth-order valence-corrected chi connectivity index (χ4v) is 3.33. The summed E-state index contributed by atoms with van der Waals surface area (Å²) in [6.07, 6.45) is 3.63. The van der Waals surface area contributed by atoms with Gasteiger partial charge in [0.2, 0.25) is 6.79 Å². The summed E-state index contributed by atoms with van der Waals surface area (Å²) in [7, 11) is 0. The lowest BCUT2D eigenvalue weighted by Gasteiger charge is -2.17. The average molecular weight is 341 g/mol. The summed E-state index contributed by atoms with van der Waals surface area (Å²) in [4.78, 5) is 12.5. The first-order valence-electron chi connectivity index (χ1n) is 7.50. The molecule has 3 aromatic rings. The van der Waals surface area contributed by atoms with E-state index in [4.69, 9.17) is 9.47 Å². The summed E-state index contributed by atoms with van der Waals surface area (Å²) in [5, 5.41) is 11.4. The zero-order chi connectivity index (χ0) is 16.4. The van der Waals surface area contributed by atoms with Gasteiger partial charge in [-0.3, -0.25) is 9.48 Å². The molecular weight excluding hydrogens is 326 g/mol. The molecule has 0 saturated heterocycles. The number of hydrogen-bond acceptors (Lipinski definition) is 5. The number of fused-ring (bicyclic) bond motifs is 1. The molecule has 1 aliphatic rings. The average Bonchev–Trinajstić information content (AvgIpc) is 3.36. The second-order valence-electron chi connectivity index (χ2n) is 5.34. The number of nitrogens with zero attached hydrogens (tertiary/aromatic N) is 2. The summed E-state index contributed by atoms with van der Waals surface area (Å²) in [5.41, 5.74) is 1.67. The maximum absolute atomic E-state index is 12.5. The smallest absolute Gasteiger partial charge is 0.251 e. The van der Waals surface area contributed by atoms with Crippen LogP contribution in [-0.2, 0) is 0 Å². The summed E-state index contributed by atoms with van der Waals surface area (Å²) < 4.78 is 12.4.